The number of benzene rings is 1. The summed E-state index contributed by atoms with van der Waals surface area (Å²) in [6, 6.07) is 8.49. The molecule has 1 unspecified atom stereocenters. The summed E-state index contributed by atoms with van der Waals surface area (Å²) in [7, 11) is 1.26. The van der Waals surface area contributed by atoms with Crippen molar-refractivity contribution < 1.29 is 23.8 Å². The number of halogens is 1. The Morgan fingerprint density at radius 3 is 2.42 bits per heavy atom. The van der Waals surface area contributed by atoms with Gasteiger partial charge in [0.1, 0.15) is 0 Å². The van der Waals surface area contributed by atoms with Crippen molar-refractivity contribution in [1.82, 2.24) is 4.57 Å². The van der Waals surface area contributed by atoms with Gasteiger partial charge in [-0.25, -0.2) is 4.39 Å². The average Bonchev–Trinajstić information content (AvgIpc) is 3.11. The number of hydrogen-bond donors (Lipinski definition) is 1. The van der Waals surface area contributed by atoms with Crippen molar-refractivity contribution in [1.29, 1.82) is 0 Å². The molecule has 6 heteroatoms. The van der Waals surface area contributed by atoms with E-state index in [1.807, 2.05) is 18.2 Å². The van der Waals surface area contributed by atoms with Crippen molar-refractivity contribution >= 4 is 28.7 Å². The Balaban J connectivity index is 0.00000125. The number of aliphatic hydroxyl groups excluding tert-OH is 1. The fourth-order valence-electron chi connectivity index (χ4n) is 3.49. The number of ketones is 1. The molecule has 1 atom stereocenters. The summed E-state index contributed by atoms with van der Waals surface area (Å²) in [5.74, 6) is -0.753. The second-order valence-electron chi connectivity index (χ2n) is 7.83. The van der Waals surface area contributed by atoms with Gasteiger partial charge in [-0.05, 0) is 57.4 Å². The molecular formula is C27H36FNO4. The van der Waals surface area contributed by atoms with Gasteiger partial charge in [0.05, 0.1) is 26.0 Å². The van der Waals surface area contributed by atoms with E-state index in [2.05, 4.69) is 54.4 Å². The lowest BCUT2D eigenvalue weighted by Crippen LogP contribution is -2.17. The van der Waals surface area contributed by atoms with Gasteiger partial charge in [-0.15, -0.1) is 0 Å². The third-order valence-electron chi connectivity index (χ3n) is 4.92. The molecule has 0 spiro atoms. The van der Waals surface area contributed by atoms with E-state index >= 15 is 0 Å². The molecule has 0 aliphatic heterocycles. The van der Waals surface area contributed by atoms with Crippen molar-refractivity contribution in [3.05, 3.63) is 66.2 Å². The molecule has 1 N–H and O–H groups in total. The zero-order valence-corrected chi connectivity index (χ0v) is 20.3. The molecule has 0 radical (unpaired) electrons. The third-order valence-corrected chi connectivity index (χ3v) is 4.92. The van der Waals surface area contributed by atoms with E-state index in [-0.39, 0.29) is 24.7 Å². The number of para-hydroxylation sites is 1. The van der Waals surface area contributed by atoms with Gasteiger partial charge in [0.25, 0.3) is 0 Å². The van der Waals surface area contributed by atoms with Crippen molar-refractivity contribution in [3.63, 3.8) is 0 Å². The molecule has 33 heavy (non-hydrogen) atoms. The monoisotopic (exact) mass is 457 g/mol. The van der Waals surface area contributed by atoms with Crippen LogP contribution >= 0.6 is 0 Å². The van der Waals surface area contributed by atoms with Crippen LogP contribution in [0.3, 0.4) is 0 Å². The molecular weight excluding hydrogens is 421 g/mol. The van der Waals surface area contributed by atoms with Gasteiger partial charge in [0, 0.05) is 29.1 Å². The summed E-state index contributed by atoms with van der Waals surface area (Å²) >= 11 is 0. The number of methoxy groups -OCH3 is 1. The summed E-state index contributed by atoms with van der Waals surface area (Å²) in [6.07, 6.45) is 9.89. The van der Waals surface area contributed by atoms with Crippen LogP contribution in [0.1, 0.15) is 64.3 Å². The highest BCUT2D eigenvalue weighted by Crippen LogP contribution is 2.31. The minimum atomic E-state index is -1.04. The Bertz CT molecular complexity index is 981. The molecule has 180 valence electrons. The second-order valence-corrected chi connectivity index (χ2v) is 7.83. The van der Waals surface area contributed by atoms with E-state index in [0.717, 1.165) is 24.1 Å². The lowest BCUT2D eigenvalue weighted by Gasteiger charge is -2.13. The largest absolute Gasteiger partial charge is 0.469 e. The van der Waals surface area contributed by atoms with Crippen LogP contribution in [0, 0.1) is 0 Å². The predicted molar refractivity (Wildman–Crippen MR) is 133 cm³/mol. The normalized spacial score (nSPS) is 12.6. The Morgan fingerprint density at radius 2 is 1.85 bits per heavy atom. The minimum Gasteiger partial charge on any atom is -0.469 e. The van der Waals surface area contributed by atoms with E-state index in [4.69, 9.17) is 0 Å². The number of aliphatic hydroxyl groups is 1. The number of carbonyl (C=O) groups excluding carboxylic acids is 2. The summed E-state index contributed by atoms with van der Waals surface area (Å²) < 4.78 is 17.3. The van der Waals surface area contributed by atoms with Crippen molar-refractivity contribution in [2.45, 2.75) is 65.5 Å². The predicted octanol–water partition coefficient (Wildman–Crippen LogP) is 6.12. The number of aromatic nitrogens is 1. The standard InChI is InChI=1S/C24H31NO4.C3H5F/c1-5-6-7-10-21-20-11-8-9-12-22(20)25(17(2)3)23(21)14-13-18(26)15-19(27)16-24(28)29-4;1-2-3-4/h6-9,11-14,17,19,27H,5,10,15-16H2,1-4H3;2-3H,1H3/b7-6-,14-13+;3-2+. The molecule has 1 aromatic heterocycles. The van der Waals surface area contributed by atoms with Crippen molar-refractivity contribution in [2.75, 3.05) is 7.11 Å². The van der Waals surface area contributed by atoms with Crippen LogP contribution in [0.2, 0.25) is 0 Å². The van der Waals surface area contributed by atoms with Gasteiger partial charge in [-0.3, -0.25) is 9.59 Å². The maximum atomic E-state index is 12.3. The fourth-order valence-corrected chi connectivity index (χ4v) is 3.49. The fraction of sp³-hybridized carbons (Fsp3) is 0.407. The molecule has 2 aromatic rings. The first kappa shape index (κ1) is 28.0. The van der Waals surface area contributed by atoms with Gasteiger partial charge in [0.2, 0.25) is 0 Å². The highest BCUT2D eigenvalue weighted by atomic mass is 19.1. The first-order chi connectivity index (χ1) is 15.8. The molecule has 0 aliphatic carbocycles. The summed E-state index contributed by atoms with van der Waals surface area (Å²) in [6.45, 7) is 7.97. The first-order valence-electron chi connectivity index (χ1n) is 11.2. The van der Waals surface area contributed by atoms with Gasteiger partial charge >= 0.3 is 5.97 Å². The van der Waals surface area contributed by atoms with Crippen LogP contribution in [0.25, 0.3) is 17.0 Å². The third kappa shape index (κ3) is 8.81. The SMILES string of the molecule is C/C=C/F.CC/C=C\Cc1c(/C=C/C(=O)CC(O)CC(=O)OC)n(C(C)C)c2ccccc12. The Labute approximate surface area is 196 Å². The van der Waals surface area contributed by atoms with Crippen LogP contribution in [-0.2, 0) is 20.7 Å². The van der Waals surface area contributed by atoms with E-state index < -0.39 is 12.1 Å². The Morgan fingerprint density at radius 1 is 1.18 bits per heavy atom. The molecule has 0 fully saturated rings. The molecule has 0 aliphatic rings. The van der Waals surface area contributed by atoms with Crippen LogP contribution in [0.5, 0.6) is 0 Å². The van der Waals surface area contributed by atoms with Crippen LogP contribution < -0.4 is 0 Å². The van der Waals surface area contributed by atoms with Crippen molar-refractivity contribution in [3.8, 4) is 0 Å². The number of fused-ring (bicyclic) bond motifs is 1. The van der Waals surface area contributed by atoms with Crippen LogP contribution in [-0.4, -0.2) is 34.6 Å². The minimum absolute atomic E-state index is 0.113. The van der Waals surface area contributed by atoms with Gasteiger partial charge in [0.15, 0.2) is 5.78 Å². The molecule has 1 aromatic carbocycles. The summed E-state index contributed by atoms with van der Waals surface area (Å²) in [5.41, 5.74) is 3.32. The van der Waals surface area contributed by atoms with Gasteiger partial charge in [-0.1, -0.05) is 43.4 Å². The van der Waals surface area contributed by atoms with Crippen LogP contribution in [0.4, 0.5) is 4.39 Å². The number of hydrogen-bond acceptors (Lipinski definition) is 4. The smallest absolute Gasteiger partial charge is 0.308 e. The maximum absolute atomic E-state index is 12.3. The molecule has 0 bridgehead atoms. The van der Waals surface area contributed by atoms with E-state index in [1.54, 1.807) is 6.92 Å². The first-order valence-corrected chi connectivity index (χ1v) is 11.2. The average molecular weight is 458 g/mol. The number of carbonyl (C=O) groups is 2. The molecule has 1 heterocycles. The van der Waals surface area contributed by atoms with Gasteiger partial charge < -0.3 is 14.4 Å². The van der Waals surface area contributed by atoms with Crippen molar-refractivity contribution in [2.24, 2.45) is 0 Å². The second kappa shape index (κ2) is 15.0. The summed E-state index contributed by atoms with van der Waals surface area (Å²) in [5, 5.41) is 11.1. The lowest BCUT2D eigenvalue weighted by molar-refractivity contribution is -0.143. The number of allylic oxidation sites excluding steroid dienone is 4. The number of rotatable bonds is 10. The number of esters is 1. The van der Waals surface area contributed by atoms with E-state index in [9.17, 15) is 19.1 Å². The van der Waals surface area contributed by atoms with E-state index in [1.165, 1.54) is 30.2 Å². The van der Waals surface area contributed by atoms with E-state index in [0.29, 0.717) is 6.33 Å². The summed E-state index contributed by atoms with van der Waals surface area (Å²) in [4.78, 5) is 23.6. The maximum Gasteiger partial charge on any atom is 0.308 e. The quantitative estimate of drug-likeness (QED) is 0.265. The Hall–Kier alpha value is -2.99. The molecule has 0 amide bonds. The lowest BCUT2D eigenvalue weighted by atomic mass is 10.1. The Kier molecular flexibility index (Phi) is 12.7. The number of ether oxygens (including phenoxy) is 1. The zero-order valence-electron chi connectivity index (χ0n) is 20.3. The van der Waals surface area contributed by atoms with Crippen LogP contribution in [0.15, 0.2) is 54.9 Å². The highest BCUT2D eigenvalue weighted by molar-refractivity contribution is 5.96. The molecule has 0 saturated heterocycles. The molecule has 5 nitrogen and oxygen atoms in total. The number of nitrogens with zero attached hydrogens (tertiary/aromatic N) is 1. The molecule has 2 rings (SSSR count). The highest BCUT2D eigenvalue weighted by Gasteiger charge is 2.17. The zero-order chi connectivity index (χ0) is 24.8. The topological polar surface area (TPSA) is 68.5 Å². The molecule has 0 saturated carbocycles. The van der Waals surface area contributed by atoms with Gasteiger partial charge in [-0.2, -0.15) is 0 Å².